The third-order valence-electron chi connectivity index (χ3n) is 7.17. The van der Waals surface area contributed by atoms with Gasteiger partial charge in [-0.1, -0.05) is 58.0 Å². The summed E-state index contributed by atoms with van der Waals surface area (Å²) in [6.07, 6.45) is 2.56. The quantitative estimate of drug-likeness (QED) is 0.622. The molecule has 1 saturated carbocycles. The van der Waals surface area contributed by atoms with Gasteiger partial charge in [0.1, 0.15) is 6.04 Å². The van der Waals surface area contributed by atoms with Gasteiger partial charge in [-0.25, -0.2) is 4.79 Å². The first-order chi connectivity index (χ1) is 15.0. The van der Waals surface area contributed by atoms with Crippen molar-refractivity contribution in [3.8, 4) is 0 Å². The molecule has 6 nitrogen and oxygen atoms in total. The van der Waals surface area contributed by atoms with Gasteiger partial charge in [0.05, 0.1) is 0 Å². The summed E-state index contributed by atoms with van der Waals surface area (Å²) < 4.78 is 0. The van der Waals surface area contributed by atoms with E-state index in [9.17, 15) is 14.7 Å². The van der Waals surface area contributed by atoms with Gasteiger partial charge in [0.15, 0.2) is 0 Å². The van der Waals surface area contributed by atoms with Gasteiger partial charge in [-0.15, -0.1) is 0 Å². The van der Waals surface area contributed by atoms with E-state index in [0.29, 0.717) is 18.3 Å². The van der Waals surface area contributed by atoms with Crippen molar-refractivity contribution in [3.05, 3.63) is 35.9 Å². The van der Waals surface area contributed by atoms with Gasteiger partial charge in [-0.3, -0.25) is 14.6 Å². The number of nitrogens with one attached hydrogen (secondary N) is 1. The summed E-state index contributed by atoms with van der Waals surface area (Å²) in [7, 11) is 1.52. The second-order valence-corrected chi connectivity index (χ2v) is 11.3. The number of hydrogen-bond acceptors (Lipinski definition) is 3. The number of fused-ring (bicyclic) bond motifs is 1. The Morgan fingerprint density at radius 3 is 2.50 bits per heavy atom. The number of amides is 2. The molecule has 2 amide bonds. The molecule has 0 spiro atoms. The molecule has 0 bridgehead atoms. The van der Waals surface area contributed by atoms with Gasteiger partial charge in [-0.05, 0) is 54.4 Å². The molecule has 0 radical (unpaired) electrons. The summed E-state index contributed by atoms with van der Waals surface area (Å²) in [4.78, 5) is 28.7. The third-order valence-corrected chi connectivity index (χ3v) is 7.17. The highest BCUT2D eigenvalue weighted by molar-refractivity contribution is 5.85. The van der Waals surface area contributed by atoms with Gasteiger partial charge in [0, 0.05) is 32.7 Å². The summed E-state index contributed by atoms with van der Waals surface area (Å²) in [5.74, 6) is 1.18. The van der Waals surface area contributed by atoms with Crippen LogP contribution in [0.4, 0.5) is 4.79 Å². The Labute approximate surface area is 193 Å². The maximum atomic E-state index is 13.3. The van der Waals surface area contributed by atoms with Crippen molar-refractivity contribution in [2.75, 3.05) is 20.1 Å². The van der Waals surface area contributed by atoms with Crippen molar-refractivity contribution < 1.29 is 14.7 Å². The zero-order valence-electron chi connectivity index (χ0n) is 20.4. The Bertz CT molecular complexity index is 776. The largest absolute Gasteiger partial charge is 0.465 e. The molecule has 2 N–H and O–H groups in total. The van der Waals surface area contributed by atoms with E-state index in [1.54, 1.807) is 0 Å². The molecule has 1 heterocycles. The number of likely N-dealkylation sites (tertiary alicyclic amines) is 1. The van der Waals surface area contributed by atoms with Crippen LogP contribution >= 0.6 is 0 Å². The summed E-state index contributed by atoms with van der Waals surface area (Å²) in [6, 6.07) is 10.0. The summed E-state index contributed by atoms with van der Waals surface area (Å²) in [5, 5.41) is 12.8. The normalized spacial score (nSPS) is 25.2. The summed E-state index contributed by atoms with van der Waals surface area (Å²) in [6.45, 7) is 11.7. The van der Waals surface area contributed by atoms with Crippen molar-refractivity contribution in [1.29, 1.82) is 0 Å². The molecular weight excluding hydrogens is 402 g/mol. The van der Waals surface area contributed by atoms with Gasteiger partial charge < -0.3 is 10.4 Å². The third kappa shape index (κ3) is 6.47. The second-order valence-electron chi connectivity index (χ2n) is 11.3. The van der Waals surface area contributed by atoms with Crippen molar-refractivity contribution in [1.82, 2.24) is 15.1 Å². The maximum Gasteiger partial charge on any atom is 0.407 e. The molecule has 178 valence electrons. The van der Waals surface area contributed by atoms with Crippen molar-refractivity contribution in [2.45, 2.75) is 72.0 Å². The number of hydrogen-bond donors (Lipinski definition) is 2. The highest BCUT2D eigenvalue weighted by Crippen LogP contribution is 2.39. The first kappa shape index (κ1) is 24.6. The smallest absolute Gasteiger partial charge is 0.407 e. The van der Waals surface area contributed by atoms with Crippen LogP contribution in [0.2, 0.25) is 0 Å². The minimum atomic E-state index is -1.05. The van der Waals surface area contributed by atoms with E-state index in [2.05, 4.69) is 62.2 Å². The Morgan fingerprint density at radius 1 is 1.19 bits per heavy atom. The Morgan fingerprint density at radius 2 is 1.88 bits per heavy atom. The average Bonchev–Trinajstić information content (AvgIpc) is 3.26. The summed E-state index contributed by atoms with van der Waals surface area (Å²) in [5.41, 5.74) is 1.47. The first-order valence-corrected chi connectivity index (χ1v) is 12.1. The van der Waals surface area contributed by atoms with Crippen molar-refractivity contribution in [3.63, 3.8) is 0 Å². The lowest BCUT2D eigenvalue weighted by Gasteiger charge is -2.31. The van der Waals surface area contributed by atoms with Crippen LogP contribution in [0.5, 0.6) is 0 Å². The Balaban J connectivity index is 1.61. The maximum absolute atomic E-state index is 13.3. The van der Waals surface area contributed by atoms with E-state index in [-0.39, 0.29) is 23.3 Å². The zero-order chi connectivity index (χ0) is 23.5. The highest BCUT2D eigenvalue weighted by Gasteiger charge is 2.44. The van der Waals surface area contributed by atoms with Gasteiger partial charge in [0.25, 0.3) is 0 Å². The topological polar surface area (TPSA) is 72.9 Å². The average molecular weight is 444 g/mol. The van der Waals surface area contributed by atoms with E-state index < -0.39 is 12.1 Å². The lowest BCUT2D eigenvalue weighted by atomic mass is 9.82. The monoisotopic (exact) mass is 443 g/mol. The Hall–Kier alpha value is -2.08. The molecule has 1 aliphatic carbocycles. The van der Waals surface area contributed by atoms with Gasteiger partial charge in [-0.2, -0.15) is 0 Å². The molecule has 6 heteroatoms. The Kier molecular flexibility index (Phi) is 7.86. The van der Waals surface area contributed by atoms with Crippen LogP contribution in [0.1, 0.15) is 58.9 Å². The molecule has 0 aromatic heterocycles. The first-order valence-electron chi connectivity index (χ1n) is 12.1. The van der Waals surface area contributed by atoms with E-state index in [1.807, 2.05) is 6.07 Å². The van der Waals surface area contributed by atoms with Gasteiger partial charge in [0.2, 0.25) is 5.91 Å². The van der Waals surface area contributed by atoms with E-state index in [1.165, 1.54) is 17.5 Å². The molecule has 1 aromatic carbocycles. The van der Waals surface area contributed by atoms with E-state index in [0.717, 1.165) is 38.9 Å². The highest BCUT2D eigenvalue weighted by atomic mass is 16.4. The molecule has 1 unspecified atom stereocenters. The standard InChI is InChI=1S/C26H41N3O3/c1-18(14-26(2,3)4)13-23(28(5)25(31)32)24(30)27-22-12-11-20-16-29(17-21(20)22)15-19-9-7-6-8-10-19/h6-10,18,20-23H,11-17H2,1-5H3,(H,27,30)(H,31,32)/t18-,20+,21-,22-,23?/m1/s1. The summed E-state index contributed by atoms with van der Waals surface area (Å²) >= 11 is 0. The van der Waals surface area contributed by atoms with Crippen molar-refractivity contribution in [2.24, 2.45) is 23.2 Å². The molecular formula is C26H41N3O3. The molecule has 2 fully saturated rings. The molecule has 32 heavy (non-hydrogen) atoms. The number of rotatable bonds is 8. The number of carbonyl (C=O) groups is 2. The van der Waals surface area contributed by atoms with Crippen LogP contribution in [0.15, 0.2) is 30.3 Å². The molecule has 5 atom stereocenters. The lowest BCUT2D eigenvalue weighted by Crippen LogP contribution is -2.52. The predicted molar refractivity (Wildman–Crippen MR) is 127 cm³/mol. The fourth-order valence-electron chi connectivity index (χ4n) is 5.87. The van der Waals surface area contributed by atoms with Crippen LogP contribution in [0.25, 0.3) is 0 Å². The van der Waals surface area contributed by atoms with Crippen LogP contribution < -0.4 is 5.32 Å². The van der Waals surface area contributed by atoms with Crippen LogP contribution in [0, 0.1) is 23.2 Å². The van der Waals surface area contributed by atoms with E-state index in [4.69, 9.17) is 0 Å². The SMILES string of the molecule is C[C@H](CC(C(=O)N[C@@H]1CC[C@H]2CN(Cc3ccccc3)C[C@H]21)N(C)C(=O)O)CC(C)(C)C. The molecule has 2 aliphatic rings. The number of nitrogens with zero attached hydrogens (tertiary/aromatic N) is 2. The number of benzene rings is 1. The fourth-order valence-corrected chi connectivity index (χ4v) is 5.87. The van der Waals surface area contributed by atoms with Crippen molar-refractivity contribution >= 4 is 12.0 Å². The lowest BCUT2D eigenvalue weighted by molar-refractivity contribution is -0.127. The van der Waals surface area contributed by atoms with Crippen LogP contribution in [-0.4, -0.2) is 59.1 Å². The van der Waals surface area contributed by atoms with E-state index >= 15 is 0 Å². The number of likely N-dealkylation sites (N-methyl/N-ethyl adjacent to an activating group) is 1. The zero-order valence-corrected chi connectivity index (χ0v) is 20.4. The van der Waals surface area contributed by atoms with Crippen LogP contribution in [-0.2, 0) is 11.3 Å². The minimum absolute atomic E-state index is 0.135. The molecule has 1 aliphatic heterocycles. The number of carboxylic acid groups (broad SMARTS) is 1. The van der Waals surface area contributed by atoms with Gasteiger partial charge >= 0.3 is 6.09 Å². The minimum Gasteiger partial charge on any atom is -0.465 e. The second kappa shape index (κ2) is 10.2. The molecule has 1 saturated heterocycles. The number of carbonyl (C=O) groups excluding carboxylic acids is 1. The predicted octanol–water partition coefficient (Wildman–Crippen LogP) is 4.45. The fraction of sp³-hybridized carbons (Fsp3) is 0.692. The molecule has 1 aromatic rings. The van der Waals surface area contributed by atoms with Crippen LogP contribution in [0.3, 0.4) is 0 Å². The molecule has 3 rings (SSSR count).